The molecule has 0 aliphatic carbocycles. The van der Waals surface area contributed by atoms with E-state index in [1.807, 2.05) is 41.8 Å². The van der Waals surface area contributed by atoms with Crippen molar-refractivity contribution in [2.75, 3.05) is 20.3 Å². The maximum atomic E-state index is 13.9. The zero-order valence-corrected chi connectivity index (χ0v) is 18.3. The van der Waals surface area contributed by atoms with Crippen molar-refractivity contribution >= 4 is 17.2 Å². The van der Waals surface area contributed by atoms with E-state index < -0.39 is 5.41 Å². The van der Waals surface area contributed by atoms with Crippen molar-refractivity contribution in [2.45, 2.75) is 25.8 Å². The van der Waals surface area contributed by atoms with Gasteiger partial charge in [-0.2, -0.15) is 0 Å². The number of benzene rings is 2. The van der Waals surface area contributed by atoms with Gasteiger partial charge in [0.05, 0.1) is 19.1 Å². The minimum Gasteiger partial charge on any atom is -0.496 e. The van der Waals surface area contributed by atoms with E-state index in [2.05, 4.69) is 5.32 Å². The molecule has 1 N–H and O–H groups in total. The van der Waals surface area contributed by atoms with Gasteiger partial charge in [-0.3, -0.25) is 4.79 Å². The van der Waals surface area contributed by atoms with Gasteiger partial charge in [0.25, 0.3) is 0 Å². The number of thiophene rings is 1. The van der Waals surface area contributed by atoms with Crippen molar-refractivity contribution in [1.82, 2.24) is 5.32 Å². The molecule has 0 unspecified atom stereocenters. The number of rotatable bonds is 7. The molecule has 4 nitrogen and oxygen atoms in total. The zero-order valence-electron chi connectivity index (χ0n) is 17.5. The van der Waals surface area contributed by atoms with E-state index >= 15 is 0 Å². The smallest absolute Gasteiger partial charge is 0.227 e. The number of carbonyl (C=O) groups is 1. The van der Waals surface area contributed by atoms with Gasteiger partial charge in [0.2, 0.25) is 5.91 Å². The van der Waals surface area contributed by atoms with Gasteiger partial charge in [0, 0.05) is 23.7 Å². The summed E-state index contributed by atoms with van der Waals surface area (Å²) in [6.45, 7) is 1.69. The molecule has 0 spiro atoms. The lowest BCUT2D eigenvalue weighted by Gasteiger charge is -2.36. The Balaban J connectivity index is 1.58. The second-order valence-corrected chi connectivity index (χ2v) is 8.91. The molecular weight excluding hydrogens is 413 g/mol. The van der Waals surface area contributed by atoms with Crippen LogP contribution in [-0.2, 0) is 22.5 Å². The highest BCUT2D eigenvalue weighted by molar-refractivity contribution is 7.09. The molecule has 1 aliphatic rings. The van der Waals surface area contributed by atoms with E-state index in [1.54, 1.807) is 24.5 Å². The van der Waals surface area contributed by atoms with Crippen molar-refractivity contribution in [2.24, 2.45) is 5.41 Å². The van der Waals surface area contributed by atoms with E-state index in [9.17, 15) is 9.18 Å². The highest BCUT2D eigenvalue weighted by atomic mass is 32.1. The molecule has 0 radical (unpaired) electrons. The van der Waals surface area contributed by atoms with Crippen LogP contribution < -0.4 is 10.1 Å². The average Bonchev–Trinajstić information content (AvgIpc) is 3.32. The van der Waals surface area contributed by atoms with Crippen LogP contribution in [0.1, 0.15) is 23.3 Å². The molecule has 1 aliphatic heterocycles. The van der Waals surface area contributed by atoms with Gasteiger partial charge in [-0.15, -0.1) is 11.3 Å². The first kappa shape index (κ1) is 21.5. The summed E-state index contributed by atoms with van der Waals surface area (Å²) >= 11 is 1.64. The zero-order chi connectivity index (χ0) is 21.7. The van der Waals surface area contributed by atoms with E-state index in [-0.39, 0.29) is 11.7 Å². The molecule has 1 fully saturated rings. The molecule has 4 rings (SSSR count). The number of hydrogen-bond acceptors (Lipinski definition) is 4. The third kappa shape index (κ3) is 4.97. The average molecular weight is 440 g/mol. The van der Waals surface area contributed by atoms with E-state index in [4.69, 9.17) is 9.47 Å². The number of carbonyl (C=O) groups excluding carboxylic acids is 1. The second-order valence-electron chi connectivity index (χ2n) is 7.88. The van der Waals surface area contributed by atoms with Crippen LogP contribution in [0, 0.1) is 11.2 Å². The van der Waals surface area contributed by atoms with Gasteiger partial charge >= 0.3 is 0 Å². The molecule has 1 aromatic heterocycles. The second kappa shape index (κ2) is 9.62. The molecule has 0 atom stereocenters. The summed E-state index contributed by atoms with van der Waals surface area (Å²) in [7, 11) is 1.58. The summed E-state index contributed by atoms with van der Waals surface area (Å²) in [4.78, 5) is 14.4. The summed E-state index contributed by atoms with van der Waals surface area (Å²) in [5, 5.41) is 5.15. The Bertz CT molecular complexity index is 1030. The number of hydrogen-bond donors (Lipinski definition) is 1. The lowest BCUT2D eigenvalue weighted by Crippen LogP contribution is -2.45. The van der Waals surface area contributed by atoms with Crippen molar-refractivity contribution in [3.8, 4) is 16.9 Å². The number of nitrogens with one attached hydrogen (secondary N) is 1. The Kier molecular flexibility index (Phi) is 6.68. The number of amides is 1. The van der Waals surface area contributed by atoms with Crippen LogP contribution >= 0.6 is 11.3 Å². The fraction of sp³-hybridized carbons (Fsp3) is 0.320. The Morgan fingerprint density at radius 3 is 2.74 bits per heavy atom. The van der Waals surface area contributed by atoms with Gasteiger partial charge in [0.1, 0.15) is 11.6 Å². The molecular formula is C25H26FNO3S. The van der Waals surface area contributed by atoms with Gasteiger partial charge < -0.3 is 14.8 Å². The predicted octanol–water partition coefficient (Wildman–Crippen LogP) is 5.22. The summed E-state index contributed by atoms with van der Waals surface area (Å²) in [5.41, 5.74) is 2.10. The first-order valence-corrected chi connectivity index (χ1v) is 11.3. The first-order chi connectivity index (χ1) is 15.1. The summed E-state index contributed by atoms with van der Waals surface area (Å²) in [6.07, 6.45) is 1.96. The highest BCUT2D eigenvalue weighted by Gasteiger charge is 2.40. The normalized spacial score (nSPS) is 15.4. The largest absolute Gasteiger partial charge is 0.496 e. The first-order valence-electron chi connectivity index (χ1n) is 10.4. The maximum absolute atomic E-state index is 13.9. The molecule has 3 aromatic rings. The molecule has 2 aromatic carbocycles. The highest BCUT2D eigenvalue weighted by Crippen LogP contribution is 2.37. The Labute approximate surface area is 186 Å². The summed E-state index contributed by atoms with van der Waals surface area (Å²) in [5.74, 6) is 0.376. The van der Waals surface area contributed by atoms with E-state index in [0.29, 0.717) is 50.3 Å². The number of methoxy groups -OCH3 is 1. The van der Waals surface area contributed by atoms with E-state index in [1.165, 1.54) is 12.1 Å². The van der Waals surface area contributed by atoms with Crippen LogP contribution in [0.2, 0.25) is 0 Å². The van der Waals surface area contributed by atoms with Crippen LogP contribution in [0.3, 0.4) is 0 Å². The Morgan fingerprint density at radius 1 is 1.16 bits per heavy atom. The molecule has 0 saturated carbocycles. The third-order valence-electron chi connectivity index (χ3n) is 5.88. The van der Waals surface area contributed by atoms with Crippen LogP contribution in [0.25, 0.3) is 11.1 Å². The van der Waals surface area contributed by atoms with Crippen LogP contribution in [0.5, 0.6) is 5.75 Å². The van der Waals surface area contributed by atoms with Gasteiger partial charge in [-0.1, -0.05) is 30.3 Å². The molecule has 1 amide bonds. The summed E-state index contributed by atoms with van der Waals surface area (Å²) < 4.78 is 24.9. The third-order valence-corrected chi connectivity index (χ3v) is 6.75. The molecule has 2 heterocycles. The number of halogens is 1. The molecule has 162 valence electrons. The monoisotopic (exact) mass is 439 g/mol. The molecule has 0 bridgehead atoms. The topological polar surface area (TPSA) is 47.6 Å². The fourth-order valence-corrected chi connectivity index (χ4v) is 4.80. The minimum atomic E-state index is -0.514. The van der Waals surface area contributed by atoms with Crippen LogP contribution in [0.15, 0.2) is 60.0 Å². The fourth-order valence-electron chi connectivity index (χ4n) is 4.16. The molecule has 6 heteroatoms. The van der Waals surface area contributed by atoms with E-state index in [0.717, 1.165) is 16.0 Å². The van der Waals surface area contributed by atoms with Crippen molar-refractivity contribution in [3.63, 3.8) is 0 Å². The predicted molar refractivity (Wildman–Crippen MR) is 121 cm³/mol. The maximum Gasteiger partial charge on any atom is 0.227 e. The molecule has 31 heavy (non-hydrogen) atoms. The Morgan fingerprint density at radius 2 is 2.00 bits per heavy atom. The van der Waals surface area contributed by atoms with Crippen LogP contribution in [-0.4, -0.2) is 26.2 Å². The van der Waals surface area contributed by atoms with Gasteiger partial charge in [-0.05, 0) is 60.0 Å². The standard InChI is InChI=1S/C25H26FNO3S/c1-29-23-8-7-20(26)15-22(23)19-5-2-4-18(14-19)16-25(9-11-30-12-10-25)24(28)27-17-21-6-3-13-31-21/h2-8,13-15H,9-12,16-17H2,1H3,(H,27,28). The quantitative estimate of drug-likeness (QED) is 0.549. The Hall–Kier alpha value is -2.70. The van der Waals surface area contributed by atoms with Gasteiger partial charge in [0.15, 0.2) is 0 Å². The lowest BCUT2D eigenvalue weighted by atomic mass is 9.74. The van der Waals surface area contributed by atoms with Crippen LogP contribution in [0.4, 0.5) is 4.39 Å². The minimum absolute atomic E-state index is 0.0675. The molecule has 1 saturated heterocycles. The van der Waals surface area contributed by atoms with Crippen molar-refractivity contribution in [3.05, 3.63) is 76.2 Å². The van der Waals surface area contributed by atoms with Crippen molar-refractivity contribution in [1.29, 1.82) is 0 Å². The summed E-state index contributed by atoms with van der Waals surface area (Å²) in [6, 6.07) is 16.5. The van der Waals surface area contributed by atoms with Crippen molar-refractivity contribution < 1.29 is 18.7 Å². The SMILES string of the molecule is COc1ccc(F)cc1-c1cccc(CC2(C(=O)NCc3cccs3)CCOCC2)c1. The lowest BCUT2D eigenvalue weighted by molar-refractivity contribution is -0.136. The van der Waals surface area contributed by atoms with Gasteiger partial charge in [-0.25, -0.2) is 4.39 Å². The number of ether oxygens (including phenoxy) is 2.